The van der Waals surface area contributed by atoms with Crippen molar-refractivity contribution in [1.82, 2.24) is 4.90 Å². The number of nitrogens with one attached hydrogen (secondary N) is 1. The number of likely N-dealkylation sites (tertiary alicyclic amines) is 1. The number of carbonyl (C=O) groups is 3. The van der Waals surface area contributed by atoms with Gasteiger partial charge in [-0.15, -0.1) is 0 Å². The fourth-order valence-corrected chi connectivity index (χ4v) is 4.29. The van der Waals surface area contributed by atoms with Crippen molar-refractivity contribution in [2.24, 2.45) is 0 Å². The maximum atomic E-state index is 13.1. The number of imide groups is 1. The van der Waals surface area contributed by atoms with Crippen LogP contribution in [0.4, 0.5) is 11.4 Å². The van der Waals surface area contributed by atoms with Crippen molar-refractivity contribution >= 4 is 40.7 Å². The highest BCUT2D eigenvalue weighted by Gasteiger charge is 2.39. The van der Waals surface area contributed by atoms with Crippen LogP contribution in [0.2, 0.25) is 0 Å². The van der Waals surface area contributed by atoms with Crippen LogP contribution in [0.5, 0.6) is 11.5 Å². The van der Waals surface area contributed by atoms with E-state index in [0.29, 0.717) is 28.4 Å². The summed E-state index contributed by atoms with van der Waals surface area (Å²) >= 11 is 6.24. The van der Waals surface area contributed by atoms with Crippen LogP contribution in [0, 0.1) is 0 Å². The average Bonchev–Trinajstić information content (AvgIpc) is 3.49. The number of nitrogens with zero attached hydrogens (tertiary/aromatic N) is 2. The van der Waals surface area contributed by atoms with E-state index < -0.39 is 11.8 Å². The van der Waals surface area contributed by atoms with Gasteiger partial charge in [0.15, 0.2) is 0 Å². The van der Waals surface area contributed by atoms with Crippen LogP contribution in [0.3, 0.4) is 0 Å². The standard InChI is InChI=1S/C27H22ClN3O4/c28-23-24(29-19-10-8-18(9-11-19)25(32)30-16-4-5-17-30)27(34)31(26(23)33)20-12-14-22(15-13-20)35-21-6-2-1-3-7-21/h1-3,6-15,29H,4-5,16-17H2. The van der Waals surface area contributed by atoms with Crippen molar-refractivity contribution < 1.29 is 19.1 Å². The number of hydrogen-bond donors (Lipinski definition) is 1. The second kappa shape index (κ2) is 9.64. The lowest BCUT2D eigenvalue weighted by Gasteiger charge is -2.16. The van der Waals surface area contributed by atoms with Gasteiger partial charge in [0.05, 0.1) is 5.69 Å². The van der Waals surface area contributed by atoms with Gasteiger partial charge >= 0.3 is 0 Å². The van der Waals surface area contributed by atoms with Gasteiger partial charge in [-0.25, -0.2) is 4.90 Å². The van der Waals surface area contributed by atoms with Crippen LogP contribution in [-0.4, -0.2) is 35.7 Å². The van der Waals surface area contributed by atoms with Crippen molar-refractivity contribution in [2.75, 3.05) is 23.3 Å². The summed E-state index contributed by atoms with van der Waals surface area (Å²) in [5.41, 5.74) is 1.48. The third-order valence-corrected chi connectivity index (χ3v) is 6.25. The molecule has 0 bridgehead atoms. The first-order chi connectivity index (χ1) is 17.0. The smallest absolute Gasteiger partial charge is 0.283 e. The molecule has 0 atom stereocenters. The Bertz CT molecular complexity index is 1300. The van der Waals surface area contributed by atoms with Crippen LogP contribution in [0.25, 0.3) is 0 Å². The Morgan fingerprint density at radius 2 is 1.43 bits per heavy atom. The number of carbonyl (C=O) groups excluding carboxylic acids is 3. The van der Waals surface area contributed by atoms with E-state index in [1.165, 1.54) is 0 Å². The van der Waals surface area contributed by atoms with E-state index >= 15 is 0 Å². The molecule has 8 heteroatoms. The molecule has 3 aromatic rings. The molecule has 1 N–H and O–H groups in total. The second-order valence-electron chi connectivity index (χ2n) is 8.25. The summed E-state index contributed by atoms with van der Waals surface area (Å²) in [5, 5.41) is 2.74. The van der Waals surface area contributed by atoms with Gasteiger partial charge < -0.3 is 15.0 Å². The lowest BCUT2D eigenvalue weighted by atomic mass is 10.2. The van der Waals surface area contributed by atoms with E-state index in [-0.39, 0.29) is 16.6 Å². The Morgan fingerprint density at radius 1 is 0.800 bits per heavy atom. The predicted molar refractivity (Wildman–Crippen MR) is 134 cm³/mol. The molecule has 0 unspecified atom stereocenters. The molecule has 0 radical (unpaired) electrons. The summed E-state index contributed by atoms with van der Waals surface area (Å²) in [5.74, 6) is 0.0629. The molecule has 7 nitrogen and oxygen atoms in total. The quantitative estimate of drug-likeness (QED) is 0.486. The van der Waals surface area contributed by atoms with Gasteiger partial charge in [0.25, 0.3) is 17.7 Å². The second-order valence-corrected chi connectivity index (χ2v) is 8.62. The molecule has 1 saturated heterocycles. The number of para-hydroxylation sites is 1. The van der Waals surface area contributed by atoms with Gasteiger partial charge in [-0.05, 0) is 73.5 Å². The molecule has 3 aromatic carbocycles. The molecule has 2 heterocycles. The van der Waals surface area contributed by atoms with E-state index in [0.717, 1.165) is 30.8 Å². The zero-order valence-corrected chi connectivity index (χ0v) is 19.5. The van der Waals surface area contributed by atoms with E-state index in [4.69, 9.17) is 16.3 Å². The molecule has 35 heavy (non-hydrogen) atoms. The Morgan fingerprint density at radius 3 is 2.09 bits per heavy atom. The van der Waals surface area contributed by atoms with Crippen LogP contribution < -0.4 is 15.0 Å². The SMILES string of the molecule is O=C(c1ccc(NC2=C(Cl)C(=O)N(c3ccc(Oc4ccccc4)cc3)C2=O)cc1)N1CCCC1. The molecule has 5 rings (SSSR count). The van der Waals surface area contributed by atoms with Gasteiger partial charge in [-0.3, -0.25) is 14.4 Å². The molecular weight excluding hydrogens is 466 g/mol. The number of rotatable bonds is 6. The van der Waals surface area contributed by atoms with Crippen molar-refractivity contribution in [2.45, 2.75) is 12.8 Å². The summed E-state index contributed by atoms with van der Waals surface area (Å²) in [6.45, 7) is 1.54. The Balaban J connectivity index is 1.28. The molecular formula is C27H22ClN3O4. The van der Waals surface area contributed by atoms with Gasteiger partial charge in [-0.1, -0.05) is 29.8 Å². The molecule has 176 valence electrons. The lowest BCUT2D eigenvalue weighted by molar-refractivity contribution is -0.120. The molecule has 1 fully saturated rings. The normalized spacial score (nSPS) is 15.7. The van der Waals surface area contributed by atoms with E-state index in [1.54, 1.807) is 48.5 Å². The monoisotopic (exact) mass is 487 g/mol. The van der Waals surface area contributed by atoms with Gasteiger partial charge in [0.2, 0.25) is 0 Å². The Labute approximate surface area is 207 Å². The summed E-state index contributed by atoms with van der Waals surface area (Å²) in [7, 11) is 0. The minimum atomic E-state index is -0.614. The van der Waals surface area contributed by atoms with Crippen molar-refractivity contribution in [3.05, 3.63) is 95.2 Å². The lowest BCUT2D eigenvalue weighted by Crippen LogP contribution is -2.32. The van der Waals surface area contributed by atoms with Crippen LogP contribution in [0.1, 0.15) is 23.2 Å². The van der Waals surface area contributed by atoms with E-state index in [9.17, 15) is 14.4 Å². The predicted octanol–water partition coefficient (Wildman–Crippen LogP) is 5.15. The minimum absolute atomic E-state index is 0.00992. The largest absolute Gasteiger partial charge is 0.457 e. The average molecular weight is 488 g/mol. The summed E-state index contributed by atoms with van der Waals surface area (Å²) in [6, 6.07) is 22.7. The molecule has 0 spiro atoms. The molecule has 2 aliphatic heterocycles. The fourth-order valence-electron chi connectivity index (χ4n) is 4.08. The third kappa shape index (κ3) is 4.63. The van der Waals surface area contributed by atoms with E-state index in [1.807, 2.05) is 35.2 Å². The first kappa shape index (κ1) is 22.7. The maximum absolute atomic E-state index is 13.1. The number of anilines is 2. The highest BCUT2D eigenvalue weighted by molar-refractivity contribution is 6.53. The topological polar surface area (TPSA) is 79.0 Å². The summed E-state index contributed by atoms with van der Waals surface area (Å²) in [6.07, 6.45) is 2.04. The molecule has 0 aromatic heterocycles. The number of ether oxygens (including phenoxy) is 1. The van der Waals surface area contributed by atoms with Crippen LogP contribution in [0.15, 0.2) is 89.6 Å². The van der Waals surface area contributed by atoms with Gasteiger partial charge in [0, 0.05) is 24.3 Å². The van der Waals surface area contributed by atoms with Gasteiger partial charge in [0.1, 0.15) is 22.2 Å². The third-order valence-electron chi connectivity index (χ3n) is 5.90. The molecule has 3 amide bonds. The van der Waals surface area contributed by atoms with Crippen molar-refractivity contribution in [3.63, 3.8) is 0 Å². The summed E-state index contributed by atoms with van der Waals surface area (Å²) < 4.78 is 5.77. The first-order valence-electron chi connectivity index (χ1n) is 11.3. The first-order valence-corrected chi connectivity index (χ1v) is 11.7. The minimum Gasteiger partial charge on any atom is -0.457 e. The maximum Gasteiger partial charge on any atom is 0.283 e. The van der Waals surface area contributed by atoms with Crippen molar-refractivity contribution in [3.8, 4) is 11.5 Å². The number of halogens is 1. The van der Waals surface area contributed by atoms with Crippen LogP contribution >= 0.6 is 11.6 Å². The highest BCUT2D eigenvalue weighted by Crippen LogP contribution is 2.32. The van der Waals surface area contributed by atoms with Crippen LogP contribution in [-0.2, 0) is 9.59 Å². The number of benzene rings is 3. The number of amides is 3. The molecule has 2 aliphatic rings. The molecule has 0 saturated carbocycles. The fraction of sp³-hybridized carbons (Fsp3) is 0.148. The Kier molecular flexibility index (Phi) is 6.25. The number of hydrogen-bond acceptors (Lipinski definition) is 5. The van der Waals surface area contributed by atoms with E-state index in [2.05, 4.69) is 5.32 Å². The zero-order valence-electron chi connectivity index (χ0n) is 18.7. The summed E-state index contributed by atoms with van der Waals surface area (Å²) in [4.78, 5) is 41.2. The highest BCUT2D eigenvalue weighted by atomic mass is 35.5. The Hall–Kier alpha value is -4.10. The molecule has 0 aliphatic carbocycles. The van der Waals surface area contributed by atoms with Gasteiger partial charge in [-0.2, -0.15) is 0 Å². The van der Waals surface area contributed by atoms with Crippen molar-refractivity contribution in [1.29, 1.82) is 0 Å². The zero-order chi connectivity index (χ0) is 24.4.